The number of carbonyl (C=O) groups excluding carboxylic acids is 1. The molecule has 1 aromatic carbocycles. The number of nitrogens with zero attached hydrogens (tertiary/aromatic N) is 3. The predicted octanol–water partition coefficient (Wildman–Crippen LogP) is 3.72. The van der Waals surface area contributed by atoms with E-state index in [0.29, 0.717) is 12.0 Å². The van der Waals surface area contributed by atoms with E-state index >= 15 is 0 Å². The molecule has 7 nitrogen and oxygen atoms in total. The van der Waals surface area contributed by atoms with Crippen molar-refractivity contribution in [3.63, 3.8) is 0 Å². The van der Waals surface area contributed by atoms with Crippen LogP contribution in [0.15, 0.2) is 58.5 Å². The lowest BCUT2D eigenvalue weighted by Crippen LogP contribution is -2.30. The quantitative estimate of drug-likeness (QED) is 0.573. The molecule has 2 heterocycles. The molecule has 3 rings (SSSR count). The van der Waals surface area contributed by atoms with Gasteiger partial charge in [0.05, 0.1) is 6.04 Å². The van der Waals surface area contributed by atoms with Crippen molar-refractivity contribution in [3.05, 3.63) is 70.4 Å². The standard InChI is InChI=1S/C19H16F3N5O2S/c1-2-13(11-4-6-12(7-5-11)30-19(20,21)22)26-18(29)14-10-15(28)27-17(25-14)16-23-8-3-9-24-16/h3-10,13H,2H2,1H3,(H,26,29)(H,25,27,28)/t13-/m1/s1. The molecule has 0 saturated carbocycles. The minimum absolute atomic E-state index is 0.0508. The van der Waals surface area contributed by atoms with Crippen LogP contribution in [0.5, 0.6) is 0 Å². The largest absolute Gasteiger partial charge is 0.446 e. The van der Waals surface area contributed by atoms with Crippen LogP contribution in [-0.4, -0.2) is 31.4 Å². The molecule has 156 valence electrons. The lowest BCUT2D eigenvalue weighted by atomic mass is 10.0. The van der Waals surface area contributed by atoms with Crippen LogP contribution in [0, 0.1) is 0 Å². The Kier molecular flexibility index (Phi) is 6.50. The fraction of sp³-hybridized carbons (Fsp3) is 0.211. The number of alkyl halides is 3. The summed E-state index contributed by atoms with van der Waals surface area (Å²) in [4.78, 5) is 39.2. The van der Waals surface area contributed by atoms with E-state index in [2.05, 4.69) is 25.3 Å². The summed E-state index contributed by atoms with van der Waals surface area (Å²) < 4.78 is 37.4. The summed E-state index contributed by atoms with van der Waals surface area (Å²) >= 11 is -0.207. The molecule has 2 aromatic heterocycles. The Balaban J connectivity index is 1.79. The summed E-state index contributed by atoms with van der Waals surface area (Å²) in [6, 6.07) is 7.92. The van der Waals surface area contributed by atoms with Crippen LogP contribution in [0.2, 0.25) is 0 Å². The van der Waals surface area contributed by atoms with Crippen molar-refractivity contribution in [2.75, 3.05) is 0 Å². The summed E-state index contributed by atoms with van der Waals surface area (Å²) in [5.74, 6) is -0.386. The fourth-order valence-electron chi connectivity index (χ4n) is 2.66. The van der Waals surface area contributed by atoms with Crippen molar-refractivity contribution in [1.82, 2.24) is 25.3 Å². The van der Waals surface area contributed by atoms with E-state index in [1.54, 1.807) is 6.07 Å². The number of hydrogen-bond donors (Lipinski definition) is 2. The fourth-order valence-corrected chi connectivity index (χ4v) is 3.20. The molecule has 11 heteroatoms. The van der Waals surface area contributed by atoms with Gasteiger partial charge in [-0.3, -0.25) is 9.59 Å². The van der Waals surface area contributed by atoms with Crippen LogP contribution in [0.3, 0.4) is 0 Å². The Hall–Kier alpha value is -3.21. The third-order valence-corrected chi connectivity index (χ3v) is 4.72. The first-order chi connectivity index (χ1) is 14.2. The van der Waals surface area contributed by atoms with Crippen molar-refractivity contribution < 1.29 is 18.0 Å². The first-order valence-corrected chi connectivity index (χ1v) is 9.62. The molecule has 0 radical (unpaired) electrons. The third-order valence-electron chi connectivity index (χ3n) is 3.98. The van der Waals surface area contributed by atoms with Gasteiger partial charge in [0.2, 0.25) is 0 Å². The van der Waals surface area contributed by atoms with Crippen molar-refractivity contribution >= 4 is 17.7 Å². The Morgan fingerprint density at radius 2 is 1.87 bits per heavy atom. The number of H-pyrrole nitrogens is 1. The Bertz CT molecular complexity index is 1070. The number of carbonyl (C=O) groups is 1. The second-order valence-electron chi connectivity index (χ2n) is 6.10. The molecule has 0 spiro atoms. The molecule has 30 heavy (non-hydrogen) atoms. The minimum atomic E-state index is -4.37. The van der Waals surface area contributed by atoms with Gasteiger partial charge in [-0.25, -0.2) is 15.0 Å². The van der Waals surface area contributed by atoms with Crippen LogP contribution in [-0.2, 0) is 0 Å². The van der Waals surface area contributed by atoms with E-state index in [9.17, 15) is 22.8 Å². The highest BCUT2D eigenvalue weighted by molar-refractivity contribution is 8.00. The number of aromatic amines is 1. The van der Waals surface area contributed by atoms with Crippen LogP contribution in [0.4, 0.5) is 13.2 Å². The van der Waals surface area contributed by atoms with E-state index in [1.165, 1.54) is 36.7 Å². The van der Waals surface area contributed by atoms with Gasteiger partial charge < -0.3 is 10.3 Å². The lowest BCUT2D eigenvalue weighted by Gasteiger charge is -2.18. The number of halogens is 3. The van der Waals surface area contributed by atoms with E-state index in [-0.39, 0.29) is 34.0 Å². The highest BCUT2D eigenvalue weighted by Crippen LogP contribution is 2.37. The molecule has 0 aliphatic carbocycles. The van der Waals surface area contributed by atoms with Crippen molar-refractivity contribution in [1.29, 1.82) is 0 Å². The molecule has 0 fully saturated rings. The normalized spacial score (nSPS) is 12.4. The van der Waals surface area contributed by atoms with Crippen molar-refractivity contribution in [2.45, 2.75) is 29.8 Å². The van der Waals surface area contributed by atoms with Crippen molar-refractivity contribution in [3.8, 4) is 11.6 Å². The summed E-state index contributed by atoms with van der Waals surface area (Å²) in [5.41, 5.74) is -4.40. The molecule has 0 aliphatic heterocycles. The summed E-state index contributed by atoms with van der Waals surface area (Å²) in [6.07, 6.45) is 3.43. The number of aromatic nitrogens is 4. The second-order valence-corrected chi connectivity index (χ2v) is 7.24. The molecule has 0 saturated heterocycles. The van der Waals surface area contributed by atoms with E-state index in [1.807, 2.05) is 6.92 Å². The SMILES string of the molecule is CC[C@@H](NC(=O)c1cc(=O)[nH]c(-c2ncccn2)n1)c1ccc(SC(F)(F)F)cc1. The van der Waals surface area contributed by atoms with Gasteiger partial charge in [-0.1, -0.05) is 19.1 Å². The minimum Gasteiger partial charge on any atom is -0.344 e. The number of rotatable bonds is 6. The van der Waals surface area contributed by atoms with Gasteiger partial charge in [-0.2, -0.15) is 13.2 Å². The van der Waals surface area contributed by atoms with E-state index in [0.717, 1.165) is 6.07 Å². The zero-order chi connectivity index (χ0) is 21.7. The van der Waals surface area contributed by atoms with Crippen LogP contribution in [0.25, 0.3) is 11.6 Å². The van der Waals surface area contributed by atoms with Gasteiger partial charge in [0.1, 0.15) is 5.69 Å². The molecule has 2 N–H and O–H groups in total. The maximum absolute atomic E-state index is 12.7. The summed E-state index contributed by atoms with van der Waals surface area (Å²) in [6.45, 7) is 1.82. The highest BCUT2D eigenvalue weighted by Gasteiger charge is 2.29. The molecular weight excluding hydrogens is 419 g/mol. The second kappa shape index (κ2) is 9.08. The summed E-state index contributed by atoms with van der Waals surface area (Å²) in [7, 11) is 0. The molecule has 1 atom stereocenters. The van der Waals surface area contributed by atoms with Gasteiger partial charge in [0.25, 0.3) is 11.5 Å². The number of hydrogen-bond acceptors (Lipinski definition) is 6. The van der Waals surface area contributed by atoms with Gasteiger partial charge in [-0.15, -0.1) is 0 Å². The highest BCUT2D eigenvalue weighted by atomic mass is 32.2. The molecule has 0 bridgehead atoms. The maximum atomic E-state index is 12.7. The monoisotopic (exact) mass is 435 g/mol. The average Bonchev–Trinajstić information content (AvgIpc) is 2.71. The number of nitrogens with one attached hydrogen (secondary N) is 2. The van der Waals surface area contributed by atoms with E-state index < -0.39 is 23.0 Å². The number of benzene rings is 1. The van der Waals surface area contributed by atoms with Crippen LogP contribution >= 0.6 is 11.8 Å². The first kappa shape index (κ1) is 21.5. The lowest BCUT2D eigenvalue weighted by molar-refractivity contribution is -0.0328. The maximum Gasteiger partial charge on any atom is 0.446 e. The Labute approximate surface area is 173 Å². The van der Waals surface area contributed by atoms with Gasteiger partial charge in [-0.05, 0) is 41.9 Å². The van der Waals surface area contributed by atoms with Crippen molar-refractivity contribution in [2.24, 2.45) is 0 Å². The first-order valence-electron chi connectivity index (χ1n) is 8.80. The zero-order valence-corrected chi connectivity index (χ0v) is 16.4. The molecule has 3 aromatic rings. The number of thioether (sulfide) groups is 1. The van der Waals surface area contributed by atoms with Crippen LogP contribution < -0.4 is 10.9 Å². The van der Waals surface area contributed by atoms with Gasteiger partial charge in [0.15, 0.2) is 11.6 Å². The predicted molar refractivity (Wildman–Crippen MR) is 105 cm³/mol. The summed E-state index contributed by atoms with van der Waals surface area (Å²) in [5, 5.41) is 2.75. The van der Waals surface area contributed by atoms with Gasteiger partial charge in [0, 0.05) is 23.4 Å². The Morgan fingerprint density at radius 3 is 2.47 bits per heavy atom. The molecule has 1 amide bonds. The number of amides is 1. The van der Waals surface area contributed by atoms with Gasteiger partial charge >= 0.3 is 5.51 Å². The zero-order valence-electron chi connectivity index (χ0n) is 15.6. The van der Waals surface area contributed by atoms with E-state index in [4.69, 9.17) is 0 Å². The molecule has 0 aliphatic rings. The topological polar surface area (TPSA) is 101 Å². The smallest absolute Gasteiger partial charge is 0.344 e. The molecular formula is C19H16F3N5O2S. The molecule has 0 unspecified atom stereocenters. The average molecular weight is 435 g/mol. The third kappa shape index (κ3) is 5.66. The Morgan fingerprint density at radius 1 is 1.20 bits per heavy atom. The van der Waals surface area contributed by atoms with Crippen LogP contribution in [0.1, 0.15) is 35.4 Å².